The number of nitrogens with zero attached hydrogens (tertiary/aromatic N) is 3. The molecule has 1 amide bonds. The van der Waals surface area contributed by atoms with E-state index in [1.54, 1.807) is 7.11 Å². The molecule has 7 heteroatoms. The van der Waals surface area contributed by atoms with Crippen molar-refractivity contribution in [2.24, 2.45) is 0 Å². The number of carbonyl (C=O) groups excluding carboxylic acids is 1. The van der Waals surface area contributed by atoms with Crippen LogP contribution in [0.5, 0.6) is 11.5 Å². The molecule has 41 heavy (non-hydrogen) atoms. The molecule has 0 bridgehead atoms. The number of benzene rings is 3. The van der Waals surface area contributed by atoms with Gasteiger partial charge in [-0.15, -0.1) is 0 Å². The Kier molecular flexibility index (Phi) is 8.93. The molecular weight excluding hydrogens is 534 g/mol. The van der Waals surface area contributed by atoms with Gasteiger partial charge in [-0.05, 0) is 99.4 Å². The van der Waals surface area contributed by atoms with Crippen LogP contribution in [0.25, 0.3) is 0 Å². The van der Waals surface area contributed by atoms with Crippen molar-refractivity contribution in [1.82, 2.24) is 9.80 Å². The highest BCUT2D eigenvalue weighted by Gasteiger charge is 2.36. The lowest BCUT2D eigenvalue weighted by Gasteiger charge is -2.38. The third-order valence-electron chi connectivity index (χ3n) is 8.80. The number of hydrogen-bond donors (Lipinski definition) is 0. The summed E-state index contributed by atoms with van der Waals surface area (Å²) in [4.78, 5) is 20.7. The summed E-state index contributed by atoms with van der Waals surface area (Å²) in [5.41, 5.74) is 5.12. The van der Waals surface area contributed by atoms with Gasteiger partial charge in [0.15, 0.2) is 11.5 Å². The summed E-state index contributed by atoms with van der Waals surface area (Å²) >= 11 is 6.27. The van der Waals surface area contributed by atoms with Gasteiger partial charge in [-0.3, -0.25) is 9.69 Å². The third-order valence-corrected chi connectivity index (χ3v) is 9.06. The maximum atomic E-state index is 13.9. The zero-order valence-corrected chi connectivity index (χ0v) is 25.8. The Balaban J connectivity index is 1.52. The van der Waals surface area contributed by atoms with E-state index in [0.29, 0.717) is 28.6 Å². The van der Waals surface area contributed by atoms with Gasteiger partial charge in [0.2, 0.25) is 5.91 Å². The average Bonchev–Trinajstić information content (AvgIpc) is 3.47. The van der Waals surface area contributed by atoms with Crippen molar-refractivity contribution in [2.75, 3.05) is 39.2 Å². The number of fused-ring (bicyclic) bond motifs is 1. The van der Waals surface area contributed by atoms with Gasteiger partial charge in [-0.25, -0.2) is 0 Å². The van der Waals surface area contributed by atoms with E-state index < -0.39 is 0 Å². The van der Waals surface area contributed by atoms with Crippen LogP contribution in [0.2, 0.25) is 5.02 Å². The van der Waals surface area contributed by atoms with E-state index in [4.69, 9.17) is 21.1 Å². The summed E-state index contributed by atoms with van der Waals surface area (Å²) < 4.78 is 12.0. The lowest BCUT2D eigenvalue weighted by molar-refractivity contribution is -0.118. The lowest BCUT2D eigenvalue weighted by Crippen LogP contribution is -2.41. The van der Waals surface area contributed by atoms with Gasteiger partial charge in [-0.1, -0.05) is 42.8 Å². The van der Waals surface area contributed by atoms with Crippen molar-refractivity contribution in [2.45, 2.75) is 64.3 Å². The molecule has 3 aromatic carbocycles. The summed E-state index contributed by atoms with van der Waals surface area (Å²) in [7, 11) is 5.96. The summed E-state index contributed by atoms with van der Waals surface area (Å²) in [6.07, 6.45) is 2.39. The van der Waals surface area contributed by atoms with Crippen molar-refractivity contribution >= 4 is 23.2 Å². The van der Waals surface area contributed by atoms with Gasteiger partial charge in [0, 0.05) is 35.9 Å². The Morgan fingerprint density at radius 1 is 1.02 bits per heavy atom. The molecule has 1 fully saturated rings. The van der Waals surface area contributed by atoms with Crippen LogP contribution in [0.3, 0.4) is 0 Å². The van der Waals surface area contributed by atoms with Crippen molar-refractivity contribution in [3.8, 4) is 11.5 Å². The Hall–Kier alpha value is -3.06. The van der Waals surface area contributed by atoms with Crippen LogP contribution < -0.4 is 14.4 Å². The van der Waals surface area contributed by atoms with Gasteiger partial charge in [-0.2, -0.15) is 0 Å². The summed E-state index contributed by atoms with van der Waals surface area (Å²) in [6, 6.07) is 20.9. The summed E-state index contributed by atoms with van der Waals surface area (Å²) in [6.45, 7) is 8.59. The number of halogens is 1. The maximum Gasteiger partial charge on any atom is 0.232 e. The minimum absolute atomic E-state index is 0.0374. The van der Waals surface area contributed by atoms with Crippen molar-refractivity contribution in [3.63, 3.8) is 0 Å². The quantitative estimate of drug-likeness (QED) is 0.278. The van der Waals surface area contributed by atoms with Crippen LogP contribution in [0.4, 0.5) is 5.69 Å². The van der Waals surface area contributed by atoms with E-state index in [9.17, 15) is 4.79 Å². The van der Waals surface area contributed by atoms with E-state index >= 15 is 0 Å². The van der Waals surface area contributed by atoms with Crippen molar-refractivity contribution in [1.29, 1.82) is 0 Å². The van der Waals surface area contributed by atoms with Gasteiger partial charge in [0.05, 0.1) is 25.7 Å². The SMILES string of the molecule is CC[C@@H](C)Oc1cc2c(cc1OC)CC(=O)N(c1ccc(C(C)N3CC[C@@H](N(C)C)C3)cc1)C2c1ccc(Cl)cc1. The van der Waals surface area contributed by atoms with Crippen LogP contribution in [0.1, 0.15) is 68.0 Å². The monoisotopic (exact) mass is 575 g/mol. The van der Waals surface area contributed by atoms with Gasteiger partial charge in [0.25, 0.3) is 0 Å². The molecule has 2 aliphatic heterocycles. The first-order valence-corrected chi connectivity index (χ1v) is 15.0. The number of anilines is 1. The molecular formula is C34H42ClN3O3. The second-order valence-electron chi connectivity index (χ2n) is 11.6. The molecule has 0 N–H and O–H groups in total. The number of amides is 1. The van der Waals surface area contributed by atoms with Gasteiger partial charge < -0.3 is 19.3 Å². The maximum absolute atomic E-state index is 13.9. The predicted octanol–water partition coefficient (Wildman–Crippen LogP) is 6.90. The first kappa shape index (κ1) is 29.4. The largest absolute Gasteiger partial charge is 0.493 e. The first-order valence-electron chi connectivity index (χ1n) is 14.7. The van der Waals surface area contributed by atoms with E-state index in [1.165, 1.54) is 12.0 Å². The molecule has 6 nitrogen and oxygen atoms in total. The Bertz CT molecular complexity index is 1360. The fourth-order valence-electron chi connectivity index (χ4n) is 6.04. The fraction of sp³-hybridized carbons (Fsp3) is 0.441. The minimum atomic E-state index is -0.323. The molecule has 0 aromatic heterocycles. The van der Waals surface area contributed by atoms with E-state index in [1.807, 2.05) is 35.2 Å². The number of likely N-dealkylation sites (N-methyl/N-ethyl adjacent to an activating group) is 1. The standard InChI is InChI=1S/C34H42ClN3O3/c1-7-22(2)41-32-20-30-26(18-31(32)40-6)19-33(39)38(34(30)25-8-12-27(35)13-9-25)28-14-10-24(11-15-28)23(3)37-17-16-29(21-37)36(4)5/h8-15,18,20,22-23,29,34H,7,16-17,19,21H2,1-6H3/t22-,23?,29-,34?/m1/s1. The fourth-order valence-corrected chi connectivity index (χ4v) is 6.17. The zero-order valence-electron chi connectivity index (χ0n) is 25.1. The first-order chi connectivity index (χ1) is 19.7. The second-order valence-corrected chi connectivity index (χ2v) is 12.0. The average molecular weight is 576 g/mol. The van der Waals surface area contributed by atoms with Crippen molar-refractivity contribution in [3.05, 3.63) is 87.9 Å². The van der Waals surface area contributed by atoms with Crippen molar-refractivity contribution < 1.29 is 14.3 Å². The third kappa shape index (κ3) is 6.11. The predicted molar refractivity (Wildman–Crippen MR) is 166 cm³/mol. The lowest BCUT2D eigenvalue weighted by atomic mass is 9.86. The molecule has 0 aliphatic carbocycles. The number of likely N-dealkylation sites (tertiary alicyclic amines) is 1. The number of ether oxygens (including phenoxy) is 2. The van der Waals surface area contributed by atoms with E-state index in [-0.39, 0.29) is 24.5 Å². The van der Waals surface area contributed by atoms with E-state index in [0.717, 1.165) is 41.9 Å². The topological polar surface area (TPSA) is 45.3 Å². The van der Waals surface area contributed by atoms with Crippen LogP contribution in [0.15, 0.2) is 60.7 Å². The van der Waals surface area contributed by atoms with Crippen LogP contribution >= 0.6 is 11.6 Å². The summed E-state index contributed by atoms with van der Waals surface area (Å²) in [5.74, 6) is 1.39. The Morgan fingerprint density at radius 2 is 1.73 bits per heavy atom. The normalized spacial score (nSPS) is 20.7. The number of rotatable bonds is 9. The Morgan fingerprint density at radius 3 is 2.34 bits per heavy atom. The van der Waals surface area contributed by atoms with Gasteiger partial charge in [0.1, 0.15) is 0 Å². The highest BCUT2D eigenvalue weighted by atomic mass is 35.5. The highest BCUT2D eigenvalue weighted by Crippen LogP contribution is 2.44. The van der Waals surface area contributed by atoms with Crippen LogP contribution in [-0.2, 0) is 11.2 Å². The molecule has 1 saturated heterocycles. The zero-order chi connectivity index (χ0) is 29.3. The second kappa shape index (κ2) is 12.4. The Labute approximate surface area is 249 Å². The molecule has 4 atom stereocenters. The van der Waals surface area contributed by atoms with E-state index in [2.05, 4.69) is 75.0 Å². The number of methoxy groups -OCH3 is 1. The number of hydrogen-bond acceptors (Lipinski definition) is 5. The molecule has 2 heterocycles. The molecule has 0 spiro atoms. The molecule has 0 radical (unpaired) electrons. The number of carbonyl (C=O) groups is 1. The smallest absolute Gasteiger partial charge is 0.232 e. The molecule has 3 aromatic rings. The molecule has 0 saturated carbocycles. The highest BCUT2D eigenvalue weighted by molar-refractivity contribution is 6.30. The van der Waals surface area contributed by atoms with Crippen LogP contribution in [0, 0.1) is 0 Å². The molecule has 2 aliphatic rings. The molecule has 2 unspecified atom stereocenters. The summed E-state index contributed by atoms with van der Waals surface area (Å²) in [5, 5.41) is 0.662. The van der Waals surface area contributed by atoms with Gasteiger partial charge >= 0.3 is 0 Å². The minimum Gasteiger partial charge on any atom is -0.493 e. The van der Waals surface area contributed by atoms with Crippen LogP contribution in [-0.4, -0.2) is 62.1 Å². The molecule has 218 valence electrons. The molecule has 5 rings (SSSR count).